The summed E-state index contributed by atoms with van der Waals surface area (Å²) in [6.45, 7) is 31.9. The number of hydrogen-bond acceptors (Lipinski definition) is 4. The Hall–Kier alpha value is 0.339. The summed E-state index contributed by atoms with van der Waals surface area (Å²) in [5.74, 6) is 0.291. The summed E-state index contributed by atoms with van der Waals surface area (Å²) in [5.41, 5.74) is -0.610. The minimum absolute atomic E-state index is 0.193. The van der Waals surface area contributed by atoms with Crippen LogP contribution in [0.3, 0.4) is 0 Å². The van der Waals surface area contributed by atoms with Crippen LogP contribution in [0, 0.1) is 0 Å². The van der Waals surface area contributed by atoms with E-state index in [4.69, 9.17) is 18.2 Å². The van der Waals surface area contributed by atoms with Crippen molar-refractivity contribution in [3.8, 4) is 0 Å². The van der Waals surface area contributed by atoms with E-state index in [0.29, 0.717) is 5.82 Å². The summed E-state index contributed by atoms with van der Waals surface area (Å²) in [7, 11) is -3.93. The Morgan fingerprint density at radius 3 is 1.29 bits per heavy atom. The zero-order valence-electron chi connectivity index (χ0n) is 23.1. The second kappa shape index (κ2) is 8.53. The summed E-state index contributed by atoms with van der Waals surface area (Å²) < 4.78 is 26.8. The van der Waals surface area contributed by atoms with Gasteiger partial charge in [0.1, 0.15) is 0 Å². The Labute approximate surface area is 195 Å². The van der Waals surface area contributed by atoms with Crippen molar-refractivity contribution in [1.82, 2.24) is 0 Å². The molecule has 0 amide bonds. The van der Waals surface area contributed by atoms with Gasteiger partial charge in [-0.3, -0.25) is 0 Å². The van der Waals surface area contributed by atoms with Crippen LogP contribution in [0.5, 0.6) is 0 Å². The normalized spacial score (nSPS) is 30.0. The Morgan fingerprint density at radius 1 is 0.677 bits per heavy atom. The van der Waals surface area contributed by atoms with Crippen LogP contribution in [0.2, 0.25) is 42.1 Å². The van der Waals surface area contributed by atoms with Crippen LogP contribution in [-0.4, -0.2) is 47.2 Å². The molecule has 2 fully saturated rings. The van der Waals surface area contributed by atoms with E-state index in [1.165, 1.54) is 0 Å². The fourth-order valence-corrected chi connectivity index (χ4v) is 6.70. The molecule has 0 unspecified atom stereocenters. The smallest absolute Gasteiger partial charge is 0.414 e. The molecule has 1 saturated heterocycles. The quantitative estimate of drug-likeness (QED) is 0.392. The lowest BCUT2D eigenvalue weighted by Gasteiger charge is -2.46. The maximum absolute atomic E-state index is 6.93. The molecule has 0 spiro atoms. The largest absolute Gasteiger partial charge is 0.461 e. The van der Waals surface area contributed by atoms with Gasteiger partial charge in [-0.05, 0) is 89.0 Å². The monoisotopic (exact) mass is 470 g/mol. The van der Waals surface area contributed by atoms with Crippen LogP contribution < -0.4 is 0 Å². The molecular formula is C24H51BO4Si2. The van der Waals surface area contributed by atoms with Crippen molar-refractivity contribution < 1.29 is 18.2 Å². The van der Waals surface area contributed by atoms with Crippen LogP contribution >= 0.6 is 0 Å². The molecule has 2 aliphatic rings. The zero-order chi connectivity index (χ0) is 24.3. The molecular weight excluding hydrogens is 419 g/mol. The van der Waals surface area contributed by atoms with E-state index in [-0.39, 0.29) is 40.6 Å². The molecule has 1 heterocycles. The molecule has 1 aliphatic heterocycles. The van der Waals surface area contributed by atoms with E-state index in [2.05, 4.69) is 95.4 Å². The fraction of sp³-hybridized carbons (Fsp3) is 1.00. The minimum atomic E-state index is -1.87. The zero-order valence-corrected chi connectivity index (χ0v) is 25.1. The summed E-state index contributed by atoms with van der Waals surface area (Å²) in [5, 5.41) is 0.389. The average Bonchev–Trinajstić information content (AvgIpc) is 2.72. The van der Waals surface area contributed by atoms with Gasteiger partial charge in [-0.2, -0.15) is 0 Å². The molecule has 0 radical (unpaired) electrons. The molecule has 7 heteroatoms. The van der Waals surface area contributed by atoms with Gasteiger partial charge in [0.2, 0.25) is 0 Å². The Bertz CT molecular complexity index is 582. The van der Waals surface area contributed by atoms with Gasteiger partial charge in [0.15, 0.2) is 16.6 Å². The van der Waals surface area contributed by atoms with E-state index < -0.39 is 16.6 Å². The van der Waals surface area contributed by atoms with Crippen molar-refractivity contribution in [2.24, 2.45) is 0 Å². The number of hydrogen-bond donors (Lipinski definition) is 0. The molecule has 0 N–H and O–H groups in total. The fourth-order valence-electron chi connectivity index (χ4n) is 3.94. The second-order valence-electron chi connectivity index (χ2n) is 14.1. The van der Waals surface area contributed by atoms with Crippen molar-refractivity contribution >= 4 is 23.8 Å². The van der Waals surface area contributed by atoms with E-state index in [9.17, 15) is 0 Å². The Morgan fingerprint density at radius 2 is 1.00 bits per heavy atom. The standard InChI is InChI=1S/C24H51BO4Si2/c1-21(2,3)30(11,12)26-19-15-18(25-28-23(7,8)24(9,10)29-25)16-20(17-19)27-31(13,14)22(4,5)6/h18-20H,15-17H2,1-14H3/t19-,20-/m1/s1. The maximum atomic E-state index is 6.93. The molecule has 0 aromatic rings. The number of rotatable bonds is 5. The van der Waals surface area contributed by atoms with Gasteiger partial charge in [0.05, 0.1) is 11.2 Å². The molecule has 2 rings (SSSR count). The predicted octanol–water partition coefficient (Wildman–Crippen LogP) is 7.41. The molecule has 1 aliphatic carbocycles. The lowest BCUT2D eigenvalue weighted by Crippen LogP contribution is -2.50. The van der Waals surface area contributed by atoms with Crippen molar-refractivity contribution in [3.63, 3.8) is 0 Å². The summed E-state index contributed by atoms with van der Waals surface area (Å²) in [4.78, 5) is 0. The third-order valence-corrected chi connectivity index (χ3v) is 17.9. The molecule has 2 atom stereocenters. The second-order valence-corrected chi connectivity index (χ2v) is 23.6. The van der Waals surface area contributed by atoms with Gasteiger partial charge in [-0.15, -0.1) is 0 Å². The van der Waals surface area contributed by atoms with E-state index >= 15 is 0 Å². The molecule has 1 saturated carbocycles. The van der Waals surface area contributed by atoms with Crippen LogP contribution in [0.15, 0.2) is 0 Å². The molecule has 0 aromatic heterocycles. The first-order valence-electron chi connectivity index (χ1n) is 12.3. The average molecular weight is 471 g/mol. The highest BCUT2D eigenvalue weighted by Gasteiger charge is 2.56. The van der Waals surface area contributed by atoms with Crippen LogP contribution in [0.1, 0.15) is 88.5 Å². The molecule has 0 bridgehead atoms. The highest BCUT2D eigenvalue weighted by atomic mass is 28.4. The first kappa shape index (κ1) is 27.6. The highest BCUT2D eigenvalue weighted by molar-refractivity contribution is 6.74. The van der Waals surface area contributed by atoms with Crippen LogP contribution in [-0.2, 0) is 18.2 Å². The summed E-state index contributed by atoms with van der Waals surface area (Å²) in [6, 6.07) is 0. The van der Waals surface area contributed by atoms with Gasteiger partial charge in [-0.25, -0.2) is 0 Å². The lowest BCUT2D eigenvalue weighted by molar-refractivity contribution is 0.00578. The van der Waals surface area contributed by atoms with Crippen LogP contribution in [0.4, 0.5) is 0 Å². The van der Waals surface area contributed by atoms with Gasteiger partial charge in [-0.1, -0.05) is 41.5 Å². The van der Waals surface area contributed by atoms with Gasteiger partial charge in [0, 0.05) is 12.2 Å². The Balaban J connectivity index is 2.26. The van der Waals surface area contributed by atoms with Crippen molar-refractivity contribution in [2.75, 3.05) is 0 Å². The van der Waals surface area contributed by atoms with Gasteiger partial charge in [0.25, 0.3) is 0 Å². The third-order valence-electron chi connectivity index (χ3n) is 8.85. The van der Waals surface area contributed by atoms with E-state index in [0.717, 1.165) is 19.3 Å². The minimum Gasteiger partial charge on any atom is -0.414 e. The Kier molecular flexibility index (Phi) is 7.59. The summed E-state index contributed by atoms with van der Waals surface area (Å²) in [6.07, 6.45) is 3.36. The van der Waals surface area contributed by atoms with E-state index in [1.54, 1.807) is 0 Å². The SMILES string of the molecule is CC1(C)OB(C2C[C@@H](O[Si](C)(C)C(C)(C)C)C[C@H](O[Si](C)(C)C(C)(C)C)C2)OC1(C)C. The van der Waals surface area contributed by atoms with Gasteiger partial charge < -0.3 is 18.2 Å². The van der Waals surface area contributed by atoms with Crippen molar-refractivity contribution in [3.05, 3.63) is 0 Å². The maximum Gasteiger partial charge on any atom is 0.461 e. The first-order valence-corrected chi connectivity index (χ1v) is 18.1. The van der Waals surface area contributed by atoms with Crippen LogP contribution in [0.25, 0.3) is 0 Å². The molecule has 4 nitrogen and oxygen atoms in total. The molecule has 0 aromatic carbocycles. The van der Waals surface area contributed by atoms with Crippen molar-refractivity contribution in [2.45, 2.75) is 154 Å². The van der Waals surface area contributed by atoms with Gasteiger partial charge >= 0.3 is 7.12 Å². The molecule has 31 heavy (non-hydrogen) atoms. The predicted molar refractivity (Wildman–Crippen MR) is 138 cm³/mol. The topological polar surface area (TPSA) is 36.9 Å². The third kappa shape index (κ3) is 6.07. The highest BCUT2D eigenvalue weighted by Crippen LogP contribution is 2.48. The first-order chi connectivity index (χ1) is 13.6. The molecule has 182 valence electrons. The lowest BCUT2D eigenvalue weighted by atomic mass is 9.63. The van der Waals surface area contributed by atoms with Crippen molar-refractivity contribution in [1.29, 1.82) is 0 Å². The summed E-state index contributed by atoms with van der Waals surface area (Å²) >= 11 is 0. The van der Waals surface area contributed by atoms with E-state index in [1.807, 2.05) is 0 Å².